The monoisotopic (exact) mass is 338 g/mol. The second kappa shape index (κ2) is 7.27. The highest BCUT2D eigenvalue weighted by Crippen LogP contribution is 2.23. The number of nitrogens with one attached hydrogen (secondary N) is 1. The van der Waals surface area contributed by atoms with Gasteiger partial charge in [-0.2, -0.15) is 0 Å². The minimum Gasteiger partial charge on any atom is -0.439 e. The van der Waals surface area contributed by atoms with E-state index in [1.54, 1.807) is 6.20 Å². The van der Waals surface area contributed by atoms with E-state index in [-0.39, 0.29) is 5.91 Å². The first-order chi connectivity index (χ1) is 11.7. The van der Waals surface area contributed by atoms with Gasteiger partial charge in [-0.15, -0.1) is 11.3 Å². The first kappa shape index (κ1) is 16.2. The summed E-state index contributed by atoms with van der Waals surface area (Å²) in [5.41, 5.74) is 2.89. The van der Waals surface area contributed by atoms with Crippen molar-refractivity contribution in [3.63, 3.8) is 0 Å². The number of carbonyl (C=O) groups is 1. The van der Waals surface area contributed by atoms with Gasteiger partial charge < -0.3 is 10.1 Å². The zero-order valence-corrected chi connectivity index (χ0v) is 14.4. The van der Waals surface area contributed by atoms with Gasteiger partial charge in [0.25, 0.3) is 5.91 Å². The number of aryl methyl sites for hydroxylation is 2. The van der Waals surface area contributed by atoms with Crippen LogP contribution in [-0.4, -0.2) is 10.9 Å². The number of nitrogens with zero attached hydrogens (tertiary/aromatic N) is 1. The van der Waals surface area contributed by atoms with Crippen LogP contribution in [0.1, 0.15) is 27.7 Å². The smallest absolute Gasteiger partial charge is 0.266 e. The van der Waals surface area contributed by atoms with Gasteiger partial charge in [0.15, 0.2) is 0 Å². The van der Waals surface area contributed by atoms with Gasteiger partial charge in [0.05, 0.1) is 4.88 Å². The Kier molecular flexibility index (Phi) is 4.91. The molecule has 4 nitrogen and oxygen atoms in total. The molecule has 0 saturated heterocycles. The zero-order valence-electron chi connectivity index (χ0n) is 13.6. The Bertz CT molecular complexity index is 823. The highest BCUT2D eigenvalue weighted by molar-refractivity contribution is 7.12. The minimum absolute atomic E-state index is 0.0734. The summed E-state index contributed by atoms with van der Waals surface area (Å²) in [4.78, 5) is 17.3. The van der Waals surface area contributed by atoms with Crippen LogP contribution in [0.15, 0.2) is 54.0 Å². The minimum atomic E-state index is -0.0734. The van der Waals surface area contributed by atoms with Crippen LogP contribution in [0.5, 0.6) is 11.6 Å². The van der Waals surface area contributed by atoms with Gasteiger partial charge in [0.1, 0.15) is 5.75 Å². The maximum Gasteiger partial charge on any atom is 0.266 e. The number of hydrogen-bond donors (Lipinski definition) is 1. The third-order valence-electron chi connectivity index (χ3n) is 3.55. The maximum atomic E-state index is 12.3. The summed E-state index contributed by atoms with van der Waals surface area (Å²) < 4.78 is 5.68. The van der Waals surface area contributed by atoms with Crippen LogP contribution in [0.2, 0.25) is 0 Å². The van der Waals surface area contributed by atoms with Gasteiger partial charge in [-0.05, 0) is 60.2 Å². The molecule has 24 heavy (non-hydrogen) atoms. The van der Waals surface area contributed by atoms with Gasteiger partial charge in [0, 0.05) is 18.0 Å². The lowest BCUT2D eigenvalue weighted by Crippen LogP contribution is -2.11. The molecule has 0 aliphatic rings. The molecular weight excluding hydrogens is 320 g/mol. The summed E-state index contributed by atoms with van der Waals surface area (Å²) in [6.07, 6.45) is 2.61. The average molecular weight is 338 g/mol. The molecular formula is C19H18N2O2S. The molecule has 1 N–H and O–H groups in total. The number of benzene rings is 1. The number of aromatic nitrogens is 1. The van der Waals surface area contributed by atoms with Crippen molar-refractivity contribution in [3.05, 3.63) is 70.0 Å². The molecule has 0 aliphatic carbocycles. The second-order valence-corrected chi connectivity index (χ2v) is 6.30. The fraction of sp³-hybridized carbons (Fsp3) is 0.158. The predicted molar refractivity (Wildman–Crippen MR) is 97.1 cm³/mol. The van der Waals surface area contributed by atoms with Crippen molar-refractivity contribution in [2.75, 3.05) is 5.32 Å². The van der Waals surface area contributed by atoms with Crippen molar-refractivity contribution in [2.45, 2.75) is 20.3 Å². The average Bonchev–Trinajstić information content (AvgIpc) is 3.07. The van der Waals surface area contributed by atoms with Crippen molar-refractivity contribution < 1.29 is 9.53 Å². The van der Waals surface area contributed by atoms with E-state index in [1.165, 1.54) is 11.3 Å². The molecule has 0 radical (unpaired) electrons. The third-order valence-corrected chi connectivity index (χ3v) is 4.51. The molecule has 5 heteroatoms. The first-order valence-electron chi connectivity index (χ1n) is 7.74. The lowest BCUT2D eigenvalue weighted by molar-refractivity contribution is 0.103. The fourth-order valence-electron chi connectivity index (χ4n) is 2.24. The van der Waals surface area contributed by atoms with E-state index in [1.807, 2.05) is 61.7 Å². The van der Waals surface area contributed by atoms with E-state index in [2.05, 4.69) is 10.3 Å². The van der Waals surface area contributed by atoms with Crippen molar-refractivity contribution in [1.29, 1.82) is 0 Å². The molecule has 1 amide bonds. The lowest BCUT2D eigenvalue weighted by Gasteiger charge is -2.08. The number of ether oxygens (including phenoxy) is 1. The SMILES string of the molecule is CCc1ccsc1C(=O)Nc1ccc(Oc2ccc(C)cn2)cc1. The number of thiophene rings is 1. The number of carbonyl (C=O) groups excluding carboxylic acids is 1. The molecule has 0 saturated carbocycles. The highest BCUT2D eigenvalue weighted by Gasteiger charge is 2.12. The van der Waals surface area contributed by atoms with E-state index < -0.39 is 0 Å². The van der Waals surface area contributed by atoms with E-state index in [4.69, 9.17) is 4.74 Å². The Hall–Kier alpha value is -2.66. The molecule has 3 rings (SSSR count). The van der Waals surface area contributed by atoms with Gasteiger partial charge in [-0.3, -0.25) is 4.79 Å². The summed E-state index contributed by atoms with van der Waals surface area (Å²) in [7, 11) is 0. The summed E-state index contributed by atoms with van der Waals surface area (Å²) in [5, 5.41) is 4.86. The molecule has 0 fully saturated rings. The van der Waals surface area contributed by atoms with Crippen molar-refractivity contribution in [1.82, 2.24) is 4.98 Å². The highest BCUT2D eigenvalue weighted by atomic mass is 32.1. The molecule has 0 spiro atoms. The molecule has 0 bridgehead atoms. The van der Waals surface area contributed by atoms with Crippen LogP contribution in [0.3, 0.4) is 0 Å². The fourth-order valence-corrected chi connectivity index (χ4v) is 3.13. The number of pyridine rings is 1. The third kappa shape index (κ3) is 3.81. The molecule has 2 heterocycles. The van der Waals surface area contributed by atoms with E-state index in [0.717, 1.165) is 28.1 Å². The summed E-state index contributed by atoms with van der Waals surface area (Å²) in [6, 6.07) is 13.0. The number of anilines is 1. The summed E-state index contributed by atoms with van der Waals surface area (Å²) >= 11 is 1.46. The summed E-state index contributed by atoms with van der Waals surface area (Å²) in [6.45, 7) is 4.02. The molecule has 0 unspecified atom stereocenters. The van der Waals surface area contributed by atoms with Gasteiger partial charge in [-0.1, -0.05) is 13.0 Å². The Balaban J connectivity index is 1.66. The summed E-state index contributed by atoms with van der Waals surface area (Å²) in [5.74, 6) is 1.15. The predicted octanol–water partition coefficient (Wildman–Crippen LogP) is 5.06. The van der Waals surface area contributed by atoms with Crippen LogP contribution in [0.4, 0.5) is 5.69 Å². The Morgan fingerprint density at radius 1 is 1.17 bits per heavy atom. The van der Waals surface area contributed by atoms with E-state index in [0.29, 0.717) is 11.6 Å². The largest absolute Gasteiger partial charge is 0.439 e. The van der Waals surface area contributed by atoms with Crippen LogP contribution in [-0.2, 0) is 6.42 Å². The van der Waals surface area contributed by atoms with E-state index >= 15 is 0 Å². The van der Waals surface area contributed by atoms with Gasteiger partial charge in [-0.25, -0.2) is 4.98 Å². The Morgan fingerprint density at radius 3 is 2.62 bits per heavy atom. The maximum absolute atomic E-state index is 12.3. The second-order valence-electron chi connectivity index (χ2n) is 5.38. The normalized spacial score (nSPS) is 10.4. The molecule has 0 atom stereocenters. The van der Waals surface area contributed by atoms with Crippen LogP contribution in [0, 0.1) is 6.92 Å². The van der Waals surface area contributed by atoms with Crippen molar-refractivity contribution in [2.24, 2.45) is 0 Å². The van der Waals surface area contributed by atoms with Crippen LogP contribution < -0.4 is 10.1 Å². The van der Waals surface area contributed by atoms with Crippen LogP contribution >= 0.6 is 11.3 Å². The number of rotatable bonds is 5. The topological polar surface area (TPSA) is 51.2 Å². The van der Waals surface area contributed by atoms with Crippen LogP contribution in [0.25, 0.3) is 0 Å². The number of hydrogen-bond acceptors (Lipinski definition) is 4. The Labute approximate surface area is 145 Å². The standard InChI is InChI=1S/C19H18N2O2S/c1-3-14-10-11-24-18(14)19(22)21-15-5-7-16(8-6-15)23-17-9-4-13(2)12-20-17/h4-12H,3H2,1-2H3,(H,21,22). The van der Waals surface area contributed by atoms with Crippen molar-refractivity contribution in [3.8, 4) is 11.6 Å². The molecule has 1 aromatic carbocycles. The molecule has 122 valence electrons. The van der Waals surface area contributed by atoms with Crippen molar-refractivity contribution >= 4 is 22.9 Å². The molecule has 2 aromatic heterocycles. The first-order valence-corrected chi connectivity index (χ1v) is 8.62. The van der Waals surface area contributed by atoms with Gasteiger partial charge in [0.2, 0.25) is 5.88 Å². The molecule has 3 aromatic rings. The van der Waals surface area contributed by atoms with Gasteiger partial charge >= 0.3 is 0 Å². The molecule has 0 aliphatic heterocycles. The van der Waals surface area contributed by atoms with E-state index in [9.17, 15) is 4.79 Å². The quantitative estimate of drug-likeness (QED) is 0.707. The number of amides is 1. The lowest BCUT2D eigenvalue weighted by atomic mass is 10.2. The Morgan fingerprint density at radius 2 is 1.96 bits per heavy atom. The zero-order chi connectivity index (χ0) is 16.9.